The lowest BCUT2D eigenvalue weighted by Crippen LogP contribution is -2.39. The van der Waals surface area contributed by atoms with E-state index in [1.54, 1.807) is 11.1 Å². The summed E-state index contributed by atoms with van der Waals surface area (Å²) in [5, 5.41) is 13.1. The summed E-state index contributed by atoms with van der Waals surface area (Å²) in [6.07, 6.45) is 7.11. The maximum Gasteiger partial charge on any atom is 0.415 e. The molecule has 3 heterocycles. The third-order valence-corrected chi connectivity index (χ3v) is 7.93. The number of ether oxygens (including phenoxy) is 2. The number of nitrogens with zero attached hydrogens (tertiary/aromatic N) is 3. The summed E-state index contributed by atoms with van der Waals surface area (Å²) in [6, 6.07) is 14.6. The van der Waals surface area contributed by atoms with Crippen molar-refractivity contribution in [2.45, 2.75) is 64.7 Å². The molecule has 1 N–H and O–H groups in total. The number of carbonyl (C=O) groups is 1. The third-order valence-electron chi connectivity index (χ3n) is 7.57. The fourth-order valence-corrected chi connectivity index (χ4v) is 6.12. The van der Waals surface area contributed by atoms with E-state index in [4.69, 9.17) is 21.1 Å². The number of hydrogen-bond acceptors (Lipinski definition) is 5. The van der Waals surface area contributed by atoms with Crippen molar-refractivity contribution >= 4 is 45.9 Å². The molecule has 1 saturated carbocycles. The smallest absolute Gasteiger partial charge is 0.415 e. The van der Waals surface area contributed by atoms with Crippen molar-refractivity contribution in [3.63, 3.8) is 0 Å². The normalized spacial score (nSPS) is 21.0. The van der Waals surface area contributed by atoms with Crippen molar-refractivity contribution in [3.05, 3.63) is 69.8 Å². The van der Waals surface area contributed by atoms with Crippen molar-refractivity contribution in [1.82, 2.24) is 4.98 Å². The van der Waals surface area contributed by atoms with Crippen LogP contribution in [0.3, 0.4) is 0 Å². The molecule has 0 radical (unpaired) electrons. The molecule has 0 unspecified atom stereocenters. The molecule has 0 atom stereocenters. The number of aromatic amines is 1. The number of fused-ring (bicyclic) bond motifs is 4. The maximum atomic E-state index is 13.3. The second-order valence-electron chi connectivity index (χ2n) is 11.4. The Hall–Kier alpha value is -3.58. The quantitative estimate of drug-likeness (QED) is 0.406. The van der Waals surface area contributed by atoms with Crippen molar-refractivity contribution in [2.75, 3.05) is 11.4 Å². The van der Waals surface area contributed by atoms with Crippen LogP contribution in [0.2, 0.25) is 0 Å². The van der Waals surface area contributed by atoms with Gasteiger partial charge in [-0.3, -0.25) is 4.90 Å². The summed E-state index contributed by atoms with van der Waals surface area (Å²) in [5.41, 5.74) is 2.17. The monoisotopic (exact) mass is 544 g/mol. The molecule has 3 aliphatic rings. The Morgan fingerprint density at radius 2 is 1.85 bits per heavy atom. The lowest BCUT2D eigenvalue weighted by molar-refractivity contribution is 0.0584. The van der Waals surface area contributed by atoms with Crippen LogP contribution in [0.4, 0.5) is 10.5 Å². The van der Waals surface area contributed by atoms with Crippen LogP contribution >= 0.6 is 11.6 Å². The van der Waals surface area contributed by atoms with Crippen LogP contribution in [0, 0.1) is 5.92 Å². The second kappa shape index (κ2) is 10.2. The Kier molecular flexibility index (Phi) is 6.71. The van der Waals surface area contributed by atoms with Gasteiger partial charge in [0.2, 0.25) is 0 Å². The van der Waals surface area contributed by atoms with Crippen LogP contribution in [0.25, 0.3) is 22.5 Å². The highest BCUT2D eigenvalue weighted by Gasteiger charge is 2.33. The van der Waals surface area contributed by atoms with E-state index >= 15 is 0 Å². The van der Waals surface area contributed by atoms with E-state index in [9.17, 15) is 4.79 Å². The molecule has 1 aliphatic carbocycles. The molecule has 0 spiro atoms. The van der Waals surface area contributed by atoms with Gasteiger partial charge in [0.15, 0.2) is 0 Å². The number of nitrogens with one attached hydrogen (secondary N) is 1. The van der Waals surface area contributed by atoms with Crippen molar-refractivity contribution < 1.29 is 14.3 Å². The predicted octanol–water partition coefficient (Wildman–Crippen LogP) is 6.54. The molecule has 8 heteroatoms. The molecule has 1 fully saturated rings. The number of carbonyl (C=O) groups excluding carboxylic acids is 1. The number of halogens is 1. The summed E-state index contributed by atoms with van der Waals surface area (Å²) < 4.78 is 12.2. The molecule has 3 aromatic rings. The first-order chi connectivity index (χ1) is 18.8. The zero-order valence-electron chi connectivity index (χ0n) is 22.5. The predicted molar refractivity (Wildman–Crippen MR) is 154 cm³/mol. The van der Waals surface area contributed by atoms with E-state index in [0.717, 1.165) is 59.0 Å². The number of rotatable bonds is 3. The number of aromatic nitrogens is 1. The van der Waals surface area contributed by atoms with Gasteiger partial charge in [0.1, 0.15) is 11.4 Å². The minimum Gasteiger partial charge on any atom is -0.490 e. The fraction of sp³-hybridized carbons (Fsp3) is 0.387. The first kappa shape index (κ1) is 25.7. The highest BCUT2D eigenvalue weighted by atomic mass is 35.5. The SMILES string of the molecule is CC(C)(C)OC(=O)N1CC=C(Cl)C(C2CCC(Oc3ccc4ccccc4c3)CC2)=c2[nH]c3c(c21)CN=NC=3. The topological polar surface area (TPSA) is 79.3 Å². The minimum absolute atomic E-state index is 0.150. The molecule has 7 nitrogen and oxygen atoms in total. The standard InChI is InChI=1S/C31H33ClN4O3/c1-31(2,3)39-30(37)36-15-14-25(32)27(28-29(36)24-17-33-34-18-26(24)35-28)20-9-11-22(12-10-20)38-23-13-8-19-6-4-5-7-21(19)16-23/h4-8,13-14,16,18,20,22,35H,9-12,15,17H2,1-3H3. The number of allylic oxidation sites excluding steroid dienone is 1. The van der Waals surface area contributed by atoms with E-state index in [1.165, 1.54) is 10.8 Å². The Morgan fingerprint density at radius 1 is 1.08 bits per heavy atom. The highest BCUT2D eigenvalue weighted by Crippen LogP contribution is 2.39. The molecular formula is C31H33ClN4O3. The lowest BCUT2D eigenvalue weighted by Gasteiger charge is -2.30. The molecule has 6 rings (SSSR count). The van der Waals surface area contributed by atoms with Gasteiger partial charge < -0.3 is 14.5 Å². The van der Waals surface area contributed by atoms with Crippen LogP contribution < -0.4 is 20.3 Å². The van der Waals surface area contributed by atoms with Gasteiger partial charge in [-0.1, -0.05) is 41.9 Å². The zero-order chi connectivity index (χ0) is 27.1. The molecule has 1 aromatic heterocycles. The number of azo groups is 1. The summed E-state index contributed by atoms with van der Waals surface area (Å²) >= 11 is 6.97. The largest absolute Gasteiger partial charge is 0.490 e. The summed E-state index contributed by atoms with van der Waals surface area (Å²) in [7, 11) is 0. The number of anilines is 1. The average Bonchev–Trinajstić information content (AvgIpc) is 3.20. The van der Waals surface area contributed by atoms with Crippen molar-refractivity contribution in [2.24, 2.45) is 16.1 Å². The molecule has 0 bridgehead atoms. The van der Waals surface area contributed by atoms with Gasteiger partial charge in [-0.05, 0) is 86.9 Å². The maximum absolute atomic E-state index is 13.3. The summed E-state index contributed by atoms with van der Waals surface area (Å²) in [4.78, 5) is 18.5. The van der Waals surface area contributed by atoms with Gasteiger partial charge >= 0.3 is 6.09 Å². The fourth-order valence-electron chi connectivity index (χ4n) is 5.80. The van der Waals surface area contributed by atoms with Crippen LogP contribution in [0.15, 0.2) is 63.8 Å². The molecule has 1 amide bonds. The van der Waals surface area contributed by atoms with Crippen LogP contribution in [0.1, 0.15) is 52.0 Å². The first-order valence-corrected chi connectivity index (χ1v) is 14.0. The van der Waals surface area contributed by atoms with E-state index < -0.39 is 11.7 Å². The van der Waals surface area contributed by atoms with Crippen molar-refractivity contribution in [3.8, 4) is 5.75 Å². The van der Waals surface area contributed by atoms with Gasteiger partial charge in [-0.15, -0.1) is 0 Å². The summed E-state index contributed by atoms with van der Waals surface area (Å²) in [6.45, 7) is 6.34. The molecule has 2 aliphatic heterocycles. The number of H-pyrrole nitrogens is 1. The van der Waals surface area contributed by atoms with Crippen LogP contribution in [-0.4, -0.2) is 29.3 Å². The lowest BCUT2D eigenvalue weighted by atomic mass is 9.81. The van der Waals surface area contributed by atoms with Gasteiger partial charge in [0.25, 0.3) is 0 Å². The third kappa shape index (κ3) is 5.20. The Labute approximate surface area is 232 Å². The molecule has 202 valence electrons. The molecule has 2 aromatic carbocycles. The Balaban J connectivity index is 1.30. The minimum atomic E-state index is -0.616. The molecule has 39 heavy (non-hydrogen) atoms. The number of hydrogen-bond donors (Lipinski definition) is 1. The summed E-state index contributed by atoms with van der Waals surface area (Å²) in [5.74, 6) is 1.14. The highest BCUT2D eigenvalue weighted by molar-refractivity contribution is 6.36. The second-order valence-corrected chi connectivity index (χ2v) is 11.8. The van der Waals surface area contributed by atoms with Gasteiger partial charge in [-0.2, -0.15) is 10.2 Å². The Bertz CT molecular complexity index is 1610. The molecular weight excluding hydrogens is 512 g/mol. The van der Waals surface area contributed by atoms with Crippen LogP contribution in [0.5, 0.6) is 5.75 Å². The van der Waals surface area contributed by atoms with E-state index in [2.05, 4.69) is 57.7 Å². The van der Waals surface area contributed by atoms with Crippen LogP contribution in [-0.2, 0) is 11.3 Å². The Morgan fingerprint density at radius 3 is 2.62 bits per heavy atom. The molecule has 0 saturated heterocycles. The van der Waals surface area contributed by atoms with Gasteiger partial charge in [0, 0.05) is 17.1 Å². The number of amides is 1. The van der Waals surface area contributed by atoms with Gasteiger partial charge in [0.05, 0.1) is 35.2 Å². The van der Waals surface area contributed by atoms with Gasteiger partial charge in [-0.25, -0.2) is 4.79 Å². The number of benzene rings is 2. The average molecular weight is 545 g/mol. The van der Waals surface area contributed by atoms with E-state index in [0.29, 0.717) is 18.1 Å². The zero-order valence-corrected chi connectivity index (χ0v) is 23.3. The first-order valence-electron chi connectivity index (χ1n) is 13.6. The van der Waals surface area contributed by atoms with E-state index in [1.807, 2.05) is 26.8 Å². The van der Waals surface area contributed by atoms with Crippen molar-refractivity contribution in [1.29, 1.82) is 0 Å². The van der Waals surface area contributed by atoms with E-state index in [-0.39, 0.29) is 12.0 Å².